The number of aromatic nitrogens is 1. The molecule has 4 nitrogen and oxygen atoms in total. The number of carboxylic acids is 1. The molecule has 19 heavy (non-hydrogen) atoms. The van der Waals surface area contributed by atoms with E-state index in [-0.39, 0.29) is 0 Å². The van der Waals surface area contributed by atoms with Gasteiger partial charge in [-0.15, -0.1) is 0 Å². The standard InChI is InChI=1S/C15H24N2O2/c1-5-9-15(3,14(18)19)11-17(4)10-13-8-6-7-12(2)16-13/h6-8H,5,9-11H2,1-4H3,(H,18,19). The normalized spacial score (nSPS) is 14.4. The third-order valence-electron chi connectivity index (χ3n) is 3.31. The number of pyridine rings is 1. The van der Waals surface area contributed by atoms with Gasteiger partial charge in [0.05, 0.1) is 11.1 Å². The lowest BCUT2D eigenvalue weighted by atomic mass is 9.85. The maximum atomic E-state index is 11.4. The van der Waals surface area contributed by atoms with Crippen molar-refractivity contribution in [2.75, 3.05) is 13.6 Å². The molecular formula is C15H24N2O2. The van der Waals surface area contributed by atoms with E-state index in [0.29, 0.717) is 19.5 Å². The van der Waals surface area contributed by atoms with Gasteiger partial charge in [-0.1, -0.05) is 19.4 Å². The van der Waals surface area contributed by atoms with Crippen LogP contribution in [0.1, 0.15) is 38.1 Å². The van der Waals surface area contributed by atoms with Crippen LogP contribution in [0.3, 0.4) is 0 Å². The van der Waals surface area contributed by atoms with Gasteiger partial charge in [0.25, 0.3) is 0 Å². The first-order valence-electron chi connectivity index (χ1n) is 6.72. The smallest absolute Gasteiger partial charge is 0.310 e. The highest BCUT2D eigenvalue weighted by Gasteiger charge is 2.33. The molecule has 0 spiro atoms. The van der Waals surface area contributed by atoms with E-state index in [1.165, 1.54) is 0 Å². The number of hydrogen-bond donors (Lipinski definition) is 1. The fourth-order valence-electron chi connectivity index (χ4n) is 2.42. The summed E-state index contributed by atoms with van der Waals surface area (Å²) in [6.45, 7) is 7.00. The second-order valence-electron chi connectivity index (χ2n) is 5.56. The van der Waals surface area contributed by atoms with Crippen molar-refractivity contribution in [3.05, 3.63) is 29.6 Å². The van der Waals surface area contributed by atoms with Crippen molar-refractivity contribution in [1.29, 1.82) is 0 Å². The van der Waals surface area contributed by atoms with E-state index >= 15 is 0 Å². The van der Waals surface area contributed by atoms with Crippen molar-refractivity contribution in [1.82, 2.24) is 9.88 Å². The van der Waals surface area contributed by atoms with Crippen LogP contribution in [0.15, 0.2) is 18.2 Å². The highest BCUT2D eigenvalue weighted by atomic mass is 16.4. The Balaban J connectivity index is 2.68. The van der Waals surface area contributed by atoms with Gasteiger partial charge in [0.2, 0.25) is 0 Å². The Hall–Kier alpha value is -1.42. The van der Waals surface area contributed by atoms with Crippen LogP contribution in [0.4, 0.5) is 0 Å². The molecule has 0 amide bonds. The van der Waals surface area contributed by atoms with Crippen molar-refractivity contribution in [2.24, 2.45) is 5.41 Å². The molecule has 0 aliphatic carbocycles. The molecule has 1 N–H and O–H groups in total. The molecule has 1 rings (SSSR count). The third kappa shape index (κ3) is 4.63. The van der Waals surface area contributed by atoms with Crippen LogP contribution in [0.2, 0.25) is 0 Å². The fourth-order valence-corrected chi connectivity index (χ4v) is 2.42. The fraction of sp³-hybridized carbons (Fsp3) is 0.600. The van der Waals surface area contributed by atoms with Gasteiger partial charge in [0.1, 0.15) is 0 Å². The molecule has 1 unspecified atom stereocenters. The minimum absolute atomic E-state index is 0.534. The van der Waals surface area contributed by atoms with Gasteiger partial charge in [-0.3, -0.25) is 14.7 Å². The van der Waals surface area contributed by atoms with E-state index in [2.05, 4.69) is 4.98 Å². The number of aryl methyl sites for hydroxylation is 1. The highest BCUT2D eigenvalue weighted by molar-refractivity contribution is 5.74. The zero-order chi connectivity index (χ0) is 14.5. The van der Waals surface area contributed by atoms with E-state index in [1.54, 1.807) is 0 Å². The van der Waals surface area contributed by atoms with Crippen LogP contribution < -0.4 is 0 Å². The SMILES string of the molecule is CCCC(C)(CN(C)Cc1cccc(C)n1)C(=O)O. The average Bonchev–Trinajstić information content (AvgIpc) is 2.28. The molecule has 0 saturated heterocycles. The third-order valence-corrected chi connectivity index (χ3v) is 3.31. The molecule has 0 fully saturated rings. The first-order valence-corrected chi connectivity index (χ1v) is 6.72. The second kappa shape index (κ2) is 6.66. The van der Waals surface area contributed by atoms with Gasteiger partial charge in [-0.2, -0.15) is 0 Å². The molecule has 0 radical (unpaired) electrons. The molecule has 106 valence electrons. The minimum Gasteiger partial charge on any atom is -0.481 e. The van der Waals surface area contributed by atoms with Gasteiger partial charge in [-0.05, 0) is 39.4 Å². The zero-order valence-corrected chi connectivity index (χ0v) is 12.3. The summed E-state index contributed by atoms with van der Waals surface area (Å²) in [6.07, 6.45) is 1.56. The van der Waals surface area contributed by atoms with Crippen LogP contribution in [-0.4, -0.2) is 34.6 Å². The number of nitrogens with zero attached hydrogens (tertiary/aromatic N) is 2. The summed E-state index contributed by atoms with van der Waals surface area (Å²) < 4.78 is 0. The summed E-state index contributed by atoms with van der Waals surface area (Å²) in [4.78, 5) is 17.9. The molecule has 1 aromatic rings. The Labute approximate surface area is 115 Å². The maximum Gasteiger partial charge on any atom is 0.310 e. The Morgan fingerprint density at radius 1 is 1.47 bits per heavy atom. The van der Waals surface area contributed by atoms with Gasteiger partial charge in [-0.25, -0.2) is 0 Å². The lowest BCUT2D eigenvalue weighted by Crippen LogP contribution is -2.39. The lowest BCUT2D eigenvalue weighted by Gasteiger charge is -2.29. The molecule has 0 saturated carbocycles. The Kier molecular flexibility index (Phi) is 5.48. The van der Waals surface area contributed by atoms with Gasteiger partial charge in [0.15, 0.2) is 0 Å². The Bertz CT molecular complexity index is 434. The number of rotatable bonds is 7. The van der Waals surface area contributed by atoms with Crippen LogP contribution in [0, 0.1) is 12.3 Å². The highest BCUT2D eigenvalue weighted by Crippen LogP contribution is 2.25. The number of carboxylic acid groups (broad SMARTS) is 1. The Morgan fingerprint density at radius 3 is 2.68 bits per heavy atom. The minimum atomic E-state index is -0.724. The molecule has 0 bridgehead atoms. The van der Waals surface area contributed by atoms with Crippen molar-refractivity contribution < 1.29 is 9.90 Å². The van der Waals surface area contributed by atoms with E-state index in [4.69, 9.17) is 0 Å². The van der Waals surface area contributed by atoms with Crippen molar-refractivity contribution >= 4 is 5.97 Å². The monoisotopic (exact) mass is 264 g/mol. The molecule has 0 aromatic carbocycles. The summed E-state index contributed by atoms with van der Waals surface area (Å²) in [5.41, 5.74) is 1.28. The van der Waals surface area contributed by atoms with Crippen LogP contribution in [-0.2, 0) is 11.3 Å². The van der Waals surface area contributed by atoms with Gasteiger partial charge >= 0.3 is 5.97 Å². The maximum absolute atomic E-state index is 11.4. The van der Waals surface area contributed by atoms with E-state index in [9.17, 15) is 9.90 Å². The molecule has 1 atom stereocenters. The second-order valence-corrected chi connectivity index (χ2v) is 5.56. The predicted molar refractivity (Wildman–Crippen MR) is 76.0 cm³/mol. The van der Waals surface area contributed by atoms with Crippen LogP contribution >= 0.6 is 0 Å². The summed E-state index contributed by atoms with van der Waals surface area (Å²) >= 11 is 0. The van der Waals surface area contributed by atoms with Crippen molar-refractivity contribution in [3.63, 3.8) is 0 Å². The van der Waals surface area contributed by atoms with E-state index < -0.39 is 11.4 Å². The quantitative estimate of drug-likeness (QED) is 0.822. The van der Waals surface area contributed by atoms with Crippen LogP contribution in [0.25, 0.3) is 0 Å². The molecule has 4 heteroatoms. The summed E-state index contributed by atoms with van der Waals surface area (Å²) in [7, 11) is 1.95. The summed E-state index contributed by atoms with van der Waals surface area (Å²) in [5, 5.41) is 9.38. The molecule has 0 aliphatic rings. The summed E-state index contributed by atoms with van der Waals surface area (Å²) in [5.74, 6) is -0.724. The van der Waals surface area contributed by atoms with E-state index in [1.807, 2.05) is 50.9 Å². The molecule has 1 aromatic heterocycles. The molecular weight excluding hydrogens is 240 g/mol. The average molecular weight is 264 g/mol. The first kappa shape index (κ1) is 15.6. The lowest BCUT2D eigenvalue weighted by molar-refractivity contribution is -0.149. The van der Waals surface area contributed by atoms with E-state index in [0.717, 1.165) is 17.8 Å². The predicted octanol–water partition coefficient (Wildman–Crippen LogP) is 2.71. The van der Waals surface area contributed by atoms with Gasteiger partial charge < -0.3 is 5.11 Å². The number of aliphatic carboxylic acids is 1. The van der Waals surface area contributed by atoms with Crippen molar-refractivity contribution in [3.8, 4) is 0 Å². The first-order chi connectivity index (χ1) is 8.87. The number of carbonyl (C=O) groups is 1. The summed E-state index contributed by atoms with van der Waals surface area (Å²) in [6, 6.07) is 5.91. The number of hydrogen-bond acceptors (Lipinski definition) is 3. The van der Waals surface area contributed by atoms with Crippen LogP contribution in [0.5, 0.6) is 0 Å². The topological polar surface area (TPSA) is 53.4 Å². The van der Waals surface area contributed by atoms with Crippen molar-refractivity contribution in [2.45, 2.75) is 40.2 Å². The zero-order valence-electron chi connectivity index (χ0n) is 12.3. The Morgan fingerprint density at radius 2 is 2.16 bits per heavy atom. The molecule has 1 heterocycles. The largest absolute Gasteiger partial charge is 0.481 e. The van der Waals surface area contributed by atoms with Gasteiger partial charge in [0, 0.05) is 18.8 Å². The molecule has 0 aliphatic heterocycles.